The van der Waals surface area contributed by atoms with Crippen LogP contribution in [0.15, 0.2) is 41.3 Å². The Hall–Kier alpha value is -3.02. The summed E-state index contributed by atoms with van der Waals surface area (Å²) in [6.07, 6.45) is 7.67. The molecule has 3 heterocycles. The molecule has 0 radical (unpaired) electrons. The van der Waals surface area contributed by atoms with Crippen LogP contribution in [0.2, 0.25) is 0 Å². The minimum Gasteiger partial charge on any atom is -0.346 e. The van der Waals surface area contributed by atoms with Gasteiger partial charge < -0.3 is 10.2 Å². The van der Waals surface area contributed by atoms with Crippen LogP contribution in [0.3, 0.4) is 0 Å². The molecule has 8 rings (SSSR count). The molecule has 4 saturated carbocycles. The van der Waals surface area contributed by atoms with Gasteiger partial charge in [-0.1, -0.05) is 0 Å². The van der Waals surface area contributed by atoms with Gasteiger partial charge in [0, 0.05) is 24.3 Å². The SMILES string of the molecule is O=C(NC12CC3CC(CC(C3)C1)C2)c1cn(-c2ccc(F)cc2F)c2nc(N3CCS(O)(O)C3)ccc2c1=O. The van der Waals surface area contributed by atoms with Crippen molar-refractivity contribution in [1.82, 2.24) is 14.9 Å². The number of fused-ring (bicyclic) bond motifs is 1. The van der Waals surface area contributed by atoms with Crippen LogP contribution in [0.5, 0.6) is 0 Å². The number of rotatable bonds is 4. The van der Waals surface area contributed by atoms with Gasteiger partial charge in [0.1, 0.15) is 28.9 Å². The number of pyridine rings is 2. The number of halogens is 2. The topological polar surface area (TPSA) is 108 Å². The molecule has 4 bridgehead atoms. The zero-order valence-electron chi connectivity index (χ0n) is 21.3. The molecule has 3 N–H and O–H groups in total. The zero-order chi connectivity index (χ0) is 27.1. The molecule has 5 fully saturated rings. The normalized spacial score (nSPS) is 29.6. The molecular formula is C28H30F2N4O4S. The molecule has 0 atom stereocenters. The van der Waals surface area contributed by atoms with Crippen molar-refractivity contribution in [1.29, 1.82) is 0 Å². The largest absolute Gasteiger partial charge is 0.346 e. The van der Waals surface area contributed by atoms with Crippen molar-refractivity contribution in [3.8, 4) is 5.69 Å². The van der Waals surface area contributed by atoms with Crippen molar-refractivity contribution in [2.24, 2.45) is 17.8 Å². The fraction of sp³-hybridized carbons (Fsp3) is 0.464. The van der Waals surface area contributed by atoms with Gasteiger partial charge in [-0.15, -0.1) is 0 Å². The number of amides is 1. The van der Waals surface area contributed by atoms with Gasteiger partial charge in [-0.25, -0.2) is 13.8 Å². The summed E-state index contributed by atoms with van der Waals surface area (Å²) in [5.41, 5.74) is -0.915. The first-order valence-electron chi connectivity index (χ1n) is 13.4. The summed E-state index contributed by atoms with van der Waals surface area (Å²) >= 11 is 0. The van der Waals surface area contributed by atoms with Crippen LogP contribution in [0.1, 0.15) is 48.9 Å². The minimum atomic E-state index is -2.76. The zero-order valence-corrected chi connectivity index (χ0v) is 22.1. The average molecular weight is 557 g/mol. The summed E-state index contributed by atoms with van der Waals surface area (Å²) in [6, 6.07) is 6.22. The van der Waals surface area contributed by atoms with E-state index in [9.17, 15) is 23.1 Å². The van der Waals surface area contributed by atoms with Gasteiger partial charge in [-0.05, 0) is 80.5 Å². The van der Waals surface area contributed by atoms with E-state index < -0.39 is 33.6 Å². The van der Waals surface area contributed by atoms with E-state index in [0.29, 0.717) is 30.1 Å². The van der Waals surface area contributed by atoms with Crippen molar-refractivity contribution < 1.29 is 22.7 Å². The molecule has 5 aliphatic rings. The molecule has 8 nitrogen and oxygen atoms in total. The van der Waals surface area contributed by atoms with E-state index in [1.54, 1.807) is 11.0 Å². The molecule has 1 aromatic carbocycles. The van der Waals surface area contributed by atoms with E-state index in [1.807, 2.05) is 0 Å². The lowest BCUT2D eigenvalue weighted by Gasteiger charge is -2.56. The number of hydrogen-bond donors (Lipinski definition) is 3. The Morgan fingerprint density at radius 2 is 1.74 bits per heavy atom. The highest BCUT2D eigenvalue weighted by atomic mass is 32.3. The van der Waals surface area contributed by atoms with Crippen LogP contribution < -0.4 is 15.6 Å². The van der Waals surface area contributed by atoms with E-state index in [-0.39, 0.29) is 39.5 Å². The second-order valence-electron chi connectivity index (χ2n) is 11.9. The number of aromatic nitrogens is 2. The predicted octanol–water partition coefficient (Wildman–Crippen LogP) is 4.89. The first-order valence-corrected chi connectivity index (χ1v) is 15.3. The van der Waals surface area contributed by atoms with E-state index in [2.05, 4.69) is 10.3 Å². The van der Waals surface area contributed by atoms with Gasteiger partial charge in [0.2, 0.25) is 5.43 Å². The van der Waals surface area contributed by atoms with Gasteiger partial charge in [0.15, 0.2) is 5.65 Å². The fourth-order valence-corrected chi connectivity index (χ4v) is 9.18. The number of hydrogen-bond acceptors (Lipinski definition) is 6. The van der Waals surface area contributed by atoms with Crippen LogP contribution in [-0.4, -0.2) is 48.3 Å². The summed E-state index contributed by atoms with van der Waals surface area (Å²) in [6.45, 7) is 0.363. The van der Waals surface area contributed by atoms with Crippen LogP contribution in [-0.2, 0) is 0 Å². The third-order valence-corrected chi connectivity index (χ3v) is 10.6. The van der Waals surface area contributed by atoms with Crippen molar-refractivity contribution >= 4 is 33.3 Å². The van der Waals surface area contributed by atoms with E-state index in [4.69, 9.17) is 0 Å². The Morgan fingerprint density at radius 3 is 2.36 bits per heavy atom. The number of carbonyl (C=O) groups is 1. The number of nitrogens with zero attached hydrogens (tertiary/aromatic N) is 3. The first-order chi connectivity index (χ1) is 18.6. The van der Waals surface area contributed by atoms with Crippen LogP contribution in [0, 0.1) is 29.4 Å². The van der Waals surface area contributed by atoms with Gasteiger partial charge in [-0.3, -0.25) is 23.3 Å². The molecule has 206 valence electrons. The van der Waals surface area contributed by atoms with Crippen molar-refractivity contribution in [3.63, 3.8) is 0 Å². The molecule has 0 spiro atoms. The molecule has 39 heavy (non-hydrogen) atoms. The number of carbonyl (C=O) groups excluding carboxylic acids is 1. The van der Waals surface area contributed by atoms with E-state index in [0.717, 1.165) is 31.4 Å². The van der Waals surface area contributed by atoms with E-state index in [1.165, 1.54) is 42.2 Å². The number of anilines is 1. The summed E-state index contributed by atoms with van der Waals surface area (Å²) in [5, 5.41) is 3.34. The third-order valence-electron chi connectivity index (χ3n) is 9.04. The molecule has 3 aromatic rings. The lowest BCUT2D eigenvalue weighted by atomic mass is 9.53. The molecule has 1 amide bonds. The van der Waals surface area contributed by atoms with Gasteiger partial charge in [0.25, 0.3) is 5.91 Å². The lowest BCUT2D eigenvalue weighted by molar-refractivity contribution is -0.0167. The highest BCUT2D eigenvalue weighted by molar-refractivity contribution is 8.24. The molecule has 1 saturated heterocycles. The molecular weight excluding hydrogens is 526 g/mol. The van der Waals surface area contributed by atoms with Crippen LogP contribution >= 0.6 is 10.6 Å². The highest BCUT2D eigenvalue weighted by Crippen LogP contribution is 2.55. The van der Waals surface area contributed by atoms with Gasteiger partial charge in [0.05, 0.1) is 16.8 Å². The Balaban J connectivity index is 1.33. The second kappa shape index (κ2) is 8.74. The van der Waals surface area contributed by atoms with Gasteiger partial charge >= 0.3 is 0 Å². The number of benzene rings is 1. The maximum Gasteiger partial charge on any atom is 0.257 e. The van der Waals surface area contributed by atoms with Crippen molar-refractivity contribution in [3.05, 3.63) is 63.9 Å². The monoisotopic (exact) mass is 556 g/mol. The summed E-state index contributed by atoms with van der Waals surface area (Å²) in [7, 11) is -2.76. The minimum absolute atomic E-state index is 0.00615. The van der Waals surface area contributed by atoms with E-state index >= 15 is 4.39 Å². The smallest absolute Gasteiger partial charge is 0.257 e. The number of nitrogens with one attached hydrogen (secondary N) is 1. The summed E-state index contributed by atoms with van der Waals surface area (Å²) < 4.78 is 50.3. The third kappa shape index (κ3) is 4.31. The Bertz CT molecular complexity index is 1540. The highest BCUT2D eigenvalue weighted by Gasteiger charge is 2.51. The Kier molecular flexibility index (Phi) is 5.60. The molecule has 1 aliphatic heterocycles. The Morgan fingerprint density at radius 1 is 1.05 bits per heavy atom. The van der Waals surface area contributed by atoms with Crippen molar-refractivity contribution in [2.75, 3.05) is 23.1 Å². The molecule has 4 aliphatic carbocycles. The molecule has 11 heteroatoms. The summed E-state index contributed by atoms with van der Waals surface area (Å²) in [5.74, 6) is 0.299. The predicted molar refractivity (Wildman–Crippen MR) is 146 cm³/mol. The quantitative estimate of drug-likeness (QED) is 0.423. The molecule has 0 unspecified atom stereocenters. The maximum atomic E-state index is 15.0. The molecule has 2 aromatic heterocycles. The van der Waals surface area contributed by atoms with Crippen LogP contribution in [0.4, 0.5) is 14.6 Å². The van der Waals surface area contributed by atoms with Crippen molar-refractivity contribution in [2.45, 2.75) is 44.1 Å². The maximum absolute atomic E-state index is 15.0. The van der Waals surface area contributed by atoms with Crippen LogP contribution in [0.25, 0.3) is 16.7 Å². The Labute approximate surface area is 225 Å². The summed E-state index contributed by atoms with van der Waals surface area (Å²) in [4.78, 5) is 33.6. The lowest BCUT2D eigenvalue weighted by Crippen LogP contribution is -2.60. The standard InChI is InChI=1S/C28H30F2N4O4S/c29-19-1-3-23(22(30)10-19)34-14-21(27(36)32-28-11-16-7-17(12-28)9-18(8-16)13-28)25(35)20-2-4-24(31-26(20)34)33-5-6-39(37,38)15-33/h1-4,10,14,16-18,37-38H,5-9,11-13,15H2,(H,32,36). The average Bonchev–Trinajstić information content (AvgIpc) is 3.23. The fourth-order valence-electron chi connectivity index (χ4n) is 7.78. The second-order valence-corrected chi connectivity index (χ2v) is 14.2. The first kappa shape index (κ1) is 25.0. The van der Waals surface area contributed by atoms with Gasteiger partial charge in [-0.2, -0.15) is 10.6 Å².